The molecule has 0 aliphatic rings. The van der Waals surface area contributed by atoms with Crippen LogP contribution in [0.1, 0.15) is 38.2 Å². The van der Waals surface area contributed by atoms with Gasteiger partial charge in [-0.15, -0.1) is 6.58 Å². The second kappa shape index (κ2) is 9.18. The van der Waals surface area contributed by atoms with E-state index >= 15 is 0 Å². The van der Waals surface area contributed by atoms with Crippen molar-refractivity contribution in [3.8, 4) is 5.75 Å². The van der Waals surface area contributed by atoms with Gasteiger partial charge in [0.1, 0.15) is 0 Å². The molecule has 1 atom stereocenters. The molecule has 1 aromatic carbocycles. The normalized spacial score (nSPS) is 12.0. The fourth-order valence-electron chi connectivity index (χ4n) is 2.25. The molecular formula is C17H22F2O3. The van der Waals surface area contributed by atoms with Gasteiger partial charge in [-0.05, 0) is 49.8 Å². The molecule has 0 saturated carbocycles. The Kier molecular flexibility index (Phi) is 7.57. The SMILES string of the molecule is C=CC(CCCCC(=O)OCC)Cc1cc(F)c(O)c(F)c1. The minimum atomic E-state index is -0.958. The van der Waals surface area contributed by atoms with E-state index in [-0.39, 0.29) is 11.9 Å². The van der Waals surface area contributed by atoms with Crippen molar-refractivity contribution in [2.75, 3.05) is 6.61 Å². The average Bonchev–Trinajstić information content (AvgIpc) is 2.48. The van der Waals surface area contributed by atoms with Gasteiger partial charge in [0.05, 0.1) is 6.61 Å². The zero-order valence-electron chi connectivity index (χ0n) is 12.8. The summed E-state index contributed by atoms with van der Waals surface area (Å²) in [6, 6.07) is 2.26. The number of rotatable bonds is 9. The summed E-state index contributed by atoms with van der Waals surface area (Å²) in [5, 5.41) is 9.08. The van der Waals surface area contributed by atoms with Gasteiger partial charge in [-0.2, -0.15) is 0 Å². The van der Waals surface area contributed by atoms with Crippen LogP contribution in [0.4, 0.5) is 8.78 Å². The molecule has 0 radical (unpaired) electrons. The maximum absolute atomic E-state index is 13.3. The Hall–Kier alpha value is -1.91. The van der Waals surface area contributed by atoms with E-state index in [4.69, 9.17) is 9.84 Å². The predicted molar refractivity (Wildman–Crippen MR) is 80.5 cm³/mol. The van der Waals surface area contributed by atoms with Crippen molar-refractivity contribution in [3.05, 3.63) is 42.0 Å². The van der Waals surface area contributed by atoms with E-state index in [2.05, 4.69) is 6.58 Å². The lowest BCUT2D eigenvalue weighted by molar-refractivity contribution is -0.143. The summed E-state index contributed by atoms with van der Waals surface area (Å²) in [4.78, 5) is 11.2. The van der Waals surface area contributed by atoms with Gasteiger partial charge in [-0.3, -0.25) is 4.79 Å². The van der Waals surface area contributed by atoms with Crippen molar-refractivity contribution in [3.63, 3.8) is 0 Å². The minimum Gasteiger partial charge on any atom is -0.503 e. The average molecular weight is 312 g/mol. The number of hydrogen-bond acceptors (Lipinski definition) is 3. The van der Waals surface area contributed by atoms with Crippen LogP contribution in [0.15, 0.2) is 24.8 Å². The first-order valence-corrected chi connectivity index (χ1v) is 7.43. The molecule has 0 aliphatic carbocycles. The number of phenolic OH excluding ortho intramolecular Hbond substituents is 1. The summed E-state index contributed by atoms with van der Waals surface area (Å²) < 4.78 is 31.4. The highest BCUT2D eigenvalue weighted by Crippen LogP contribution is 2.24. The standard InChI is InChI=1S/C17H22F2O3/c1-3-12(7-5-6-8-16(20)22-4-2)9-13-10-14(18)17(21)15(19)11-13/h3,10-12,21H,1,4-9H2,2H3. The topological polar surface area (TPSA) is 46.5 Å². The summed E-state index contributed by atoms with van der Waals surface area (Å²) in [7, 11) is 0. The van der Waals surface area contributed by atoms with E-state index in [1.165, 1.54) is 0 Å². The quantitative estimate of drug-likeness (QED) is 0.423. The highest BCUT2D eigenvalue weighted by molar-refractivity contribution is 5.69. The van der Waals surface area contributed by atoms with Gasteiger partial charge in [0.25, 0.3) is 0 Å². The van der Waals surface area contributed by atoms with E-state index in [0.717, 1.165) is 25.0 Å². The zero-order valence-corrected chi connectivity index (χ0v) is 12.8. The van der Waals surface area contributed by atoms with Crippen LogP contribution in [0.2, 0.25) is 0 Å². The van der Waals surface area contributed by atoms with E-state index in [1.807, 2.05) is 0 Å². The molecule has 0 fully saturated rings. The van der Waals surface area contributed by atoms with Crippen LogP contribution in [0, 0.1) is 17.6 Å². The number of carbonyl (C=O) groups excluding carboxylic acids is 1. The molecule has 0 aromatic heterocycles. The zero-order chi connectivity index (χ0) is 16.5. The molecule has 1 aromatic rings. The Balaban J connectivity index is 2.45. The fourth-order valence-corrected chi connectivity index (χ4v) is 2.25. The summed E-state index contributed by atoms with van der Waals surface area (Å²) in [6.45, 7) is 5.88. The first-order chi connectivity index (χ1) is 10.5. The first kappa shape index (κ1) is 18.1. The second-order valence-electron chi connectivity index (χ2n) is 5.16. The van der Waals surface area contributed by atoms with Crippen molar-refractivity contribution in [1.82, 2.24) is 0 Å². The van der Waals surface area contributed by atoms with Gasteiger partial charge in [0.15, 0.2) is 17.4 Å². The van der Waals surface area contributed by atoms with Gasteiger partial charge in [0.2, 0.25) is 0 Å². The van der Waals surface area contributed by atoms with E-state index in [1.54, 1.807) is 13.0 Å². The van der Waals surface area contributed by atoms with Gasteiger partial charge in [0, 0.05) is 6.42 Å². The molecule has 1 N–H and O–H groups in total. The third-order valence-electron chi connectivity index (χ3n) is 3.42. The maximum Gasteiger partial charge on any atom is 0.305 e. The predicted octanol–water partition coefficient (Wildman–Crippen LogP) is 4.14. The number of carbonyl (C=O) groups is 1. The Morgan fingerprint density at radius 1 is 1.36 bits per heavy atom. The Labute approximate surface area is 129 Å². The largest absolute Gasteiger partial charge is 0.503 e. The molecule has 0 bridgehead atoms. The molecule has 122 valence electrons. The number of unbranched alkanes of at least 4 members (excludes halogenated alkanes) is 1. The van der Waals surface area contributed by atoms with Crippen LogP contribution in [-0.2, 0) is 16.0 Å². The Morgan fingerprint density at radius 2 is 2.00 bits per heavy atom. The van der Waals surface area contributed by atoms with E-state index < -0.39 is 17.4 Å². The van der Waals surface area contributed by atoms with Crippen molar-refractivity contribution >= 4 is 5.97 Å². The summed E-state index contributed by atoms with van der Waals surface area (Å²) in [6.07, 6.45) is 4.84. The number of esters is 1. The van der Waals surface area contributed by atoms with Gasteiger partial charge in [-0.25, -0.2) is 8.78 Å². The summed E-state index contributed by atoms with van der Waals surface area (Å²) >= 11 is 0. The number of allylic oxidation sites excluding steroid dienone is 1. The number of benzene rings is 1. The molecule has 1 rings (SSSR count). The molecule has 0 saturated heterocycles. The number of hydrogen-bond donors (Lipinski definition) is 1. The molecule has 0 aliphatic heterocycles. The Bertz CT molecular complexity index is 492. The lowest BCUT2D eigenvalue weighted by Crippen LogP contribution is -2.05. The number of aromatic hydroxyl groups is 1. The molecular weight excluding hydrogens is 290 g/mol. The third-order valence-corrected chi connectivity index (χ3v) is 3.42. The van der Waals surface area contributed by atoms with Gasteiger partial charge >= 0.3 is 5.97 Å². The van der Waals surface area contributed by atoms with Crippen LogP contribution in [-0.4, -0.2) is 17.7 Å². The monoisotopic (exact) mass is 312 g/mol. The van der Waals surface area contributed by atoms with Crippen molar-refractivity contribution in [1.29, 1.82) is 0 Å². The molecule has 0 spiro atoms. The van der Waals surface area contributed by atoms with Crippen LogP contribution in [0.25, 0.3) is 0 Å². The van der Waals surface area contributed by atoms with Crippen molar-refractivity contribution in [2.45, 2.75) is 39.0 Å². The van der Waals surface area contributed by atoms with Crippen LogP contribution in [0.5, 0.6) is 5.75 Å². The van der Waals surface area contributed by atoms with Crippen LogP contribution >= 0.6 is 0 Å². The minimum absolute atomic E-state index is 0.0607. The lowest BCUT2D eigenvalue weighted by atomic mass is 9.93. The summed E-state index contributed by atoms with van der Waals surface area (Å²) in [5.41, 5.74) is 0.475. The number of halogens is 2. The molecule has 22 heavy (non-hydrogen) atoms. The van der Waals surface area contributed by atoms with E-state index in [0.29, 0.717) is 31.4 Å². The molecule has 1 unspecified atom stereocenters. The highest BCUT2D eigenvalue weighted by atomic mass is 19.1. The number of ether oxygens (including phenoxy) is 1. The number of phenols is 1. The van der Waals surface area contributed by atoms with Gasteiger partial charge < -0.3 is 9.84 Å². The third kappa shape index (κ3) is 5.84. The lowest BCUT2D eigenvalue weighted by Gasteiger charge is -2.13. The smallest absolute Gasteiger partial charge is 0.305 e. The highest BCUT2D eigenvalue weighted by Gasteiger charge is 2.13. The van der Waals surface area contributed by atoms with Gasteiger partial charge in [-0.1, -0.05) is 12.5 Å². The van der Waals surface area contributed by atoms with Crippen LogP contribution < -0.4 is 0 Å². The molecule has 0 heterocycles. The fraction of sp³-hybridized carbons (Fsp3) is 0.471. The van der Waals surface area contributed by atoms with Crippen molar-refractivity contribution < 1.29 is 23.4 Å². The van der Waals surface area contributed by atoms with Crippen molar-refractivity contribution in [2.24, 2.45) is 5.92 Å². The molecule has 0 amide bonds. The first-order valence-electron chi connectivity index (χ1n) is 7.43. The summed E-state index contributed by atoms with van der Waals surface area (Å²) in [5.74, 6) is -3.01. The van der Waals surface area contributed by atoms with Crippen LogP contribution in [0.3, 0.4) is 0 Å². The molecule has 3 nitrogen and oxygen atoms in total. The molecule has 5 heteroatoms. The van der Waals surface area contributed by atoms with E-state index in [9.17, 15) is 13.6 Å². The second-order valence-corrected chi connectivity index (χ2v) is 5.16. The Morgan fingerprint density at radius 3 is 2.55 bits per heavy atom. The maximum atomic E-state index is 13.3.